The molecular formula is C11H14ClFN2. The van der Waals surface area contributed by atoms with Gasteiger partial charge in [-0.05, 0) is 31.0 Å². The first-order valence-corrected chi connectivity index (χ1v) is 5.50. The Morgan fingerprint density at radius 1 is 1.33 bits per heavy atom. The van der Waals surface area contributed by atoms with Crippen LogP contribution in [0.4, 0.5) is 10.1 Å². The Morgan fingerprint density at radius 3 is 2.60 bits per heavy atom. The third kappa shape index (κ3) is 2.41. The number of hydrogen-bond acceptors (Lipinski definition) is 2. The maximum atomic E-state index is 13.2. The van der Waals surface area contributed by atoms with Gasteiger partial charge in [0.25, 0.3) is 0 Å². The summed E-state index contributed by atoms with van der Waals surface area (Å²) in [7, 11) is 0. The van der Waals surface area contributed by atoms with E-state index in [1.165, 1.54) is 6.07 Å². The van der Waals surface area contributed by atoms with E-state index >= 15 is 0 Å². The number of piperidine rings is 1. The summed E-state index contributed by atoms with van der Waals surface area (Å²) < 4.78 is 13.2. The van der Waals surface area contributed by atoms with Crippen LogP contribution in [0.2, 0.25) is 5.02 Å². The highest BCUT2D eigenvalue weighted by Crippen LogP contribution is 2.24. The van der Waals surface area contributed by atoms with E-state index in [0.29, 0.717) is 6.04 Å². The molecule has 2 N–H and O–H groups in total. The Kier molecular flexibility index (Phi) is 3.12. The van der Waals surface area contributed by atoms with Gasteiger partial charge in [-0.2, -0.15) is 0 Å². The number of anilines is 1. The summed E-state index contributed by atoms with van der Waals surface area (Å²) in [5.41, 5.74) is 6.70. The topological polar surface area (TPSA) is 29.3 Å². The number of hydrogen-bond donors (Lipinski definition) is 1. The summed E-state index contributed by atoms with van der Waals surface area (Å²) in [5.74, 6) is -0.357. The molecule has 0 unspecified atom stereocenters. The van der Waals surface area contributed by atoms with Crippen molar-refractivity contribution in [2.45, 2.75) is 18.9 Å². The van der Waals surface area contributed by atoms with Crippen molar-refractivity contribution in [1.82, 2.24) is 0 Å². The molecule has 82 valence electrons. The van der Waals surface area contributed by atoms with Crippen molar-refractivity contribution < 1.29 is 4.39 Å². The molecule has 0 aromatic heterocycles. The molecule has 0 amide bonds. The minimum absolute atomic E-state index is 0.174. The van der Waals surface area contributed by atoms with E-state index < -0.39 is 0 Å². The summed E-state index contributed by atoms with van der Waals surface area (Å²) in [6.45, 7) is 1.78. The summed E-state index contributed by atoms with van der Waals surface area (Å²) >= 11 is 5.63. The van der Waals surface area contributed by atoms with Crippen LogP contribution in [0.1, 0.15) is 12.8 Å². The zero-order valence-electron chi connectivity index (χ0n) is 8.42. The van der Waals surface area contributed by atoms with Crippen LogP contribution in [0, 0.1) is 5.82 Å². The van der Waals surface area contributed by atoms with Crippen molar-refractivity contribution in [3.63, 3.8) is 0 Å². The third-order valence-electron chi connectivity index (χ3n) is 2.81. The maximum absolute atomic E-state index is 13.2. The van der Waals surface area contributed by atoms with Gasteiger partial charge < -0.3 is 10.6 Å². The predicted octanol–water partition coefficient (Wildman–Crippen LogP) is 2.41. The number of benzene rings is 1. The van der Waals surface area contributed by atoms with Crippen LogP contribution >= 0.6 is 11.6 Å². The molecule has 2 nitrogen and oxygen atoms in total. The minimum Gasteiger partial charge on any atom is -0.371 e. The first kappa shape index (κ1) is 10.7. The van der Waals surface area contributed by atoms with E-state index in [1.54, 1.807) is 6.07 Å². The lowest BCUT2D eigenvalue weighted by Crippen LogP contribution is -2.39. The molecule has 1 aliphatic rings. The highest BCUT2D eigenvalue weighted by molar-refractivity contribution is 6.30. The smallest absolute Gasteiger partial charge is 0.143 e. The van der Waals surface area contributed by atoms with Crippen molar-refractivity contribution in [3.8, 4) is 0 Å². The van der Waals surface area contributed by atoms with Gasteiger partial charge >= 0.3 is 0 Å². The molecule has 0 aliphatic carbocycles. The van der Waals surface area contributed by atoms with Crippen molar-refractivity contribution in [2.24, 2.45) is 5.73 Å². The second-order valence-electron chi connectivity index (χ2n) is 3.92. The zero-order valence-corrected chi connectivity index (χ0v) is 9.17. The van der Waals surface area contributed by atoms with Gasteiger partial charge in [-0.3, -0.25) is 0 Å². The van der Waals surface area contributed by atoms with Gasteiger partial charge in [-0.25, -0.2) is 4.39 Å². The van der Waals surface area contributed by atoms with Crippen molar-refractivity contribution >= 4 is 17.3 Å². The molecule has 1 heterocycles. The lowest BCUT2D eigenvalue weighted by Gasteiger charge is -2.32. The van der Waals surface area contributed by atoms with E-state index in [2.05, 4.69) is 4.90 Å². The van der Waals surface area contributed by atoms with Crippen LogP contribution < -0.4 is 10.6 Å². The summed E-state index contributed by atoms with van der Waals surface area (Å²) in [5, 5.41) is 0.174. The first-order valence-electron chi connectivity index (χ1n) is 5.12. The summed E-state index contributed by atoms with van der Waals surface area (Å²) in [6.07, 6.45) is 1.93. The standard InChI is InChI=1S/C11H14ClFN2/c12-10-2-1-9(7-11(10)13)15-5-3-8(14)4-6-15/h1-2,7-8H,3-6,14H2. The second kappa shape index (κ2) is 4.37. The van der Waals surface area contributed by atoms with Gasteiger partial charge in [-0.1, -0.05) is 11.6 Å². The van der Waals surface area contributed by atoms with Crippen molar-refractivity contribution in [1.29, 1.82) is 0 Å². The molecule has 1 aromatic rings. The van der Waals surface area contributed by atoms with Crippen LogP contribution in [-0.4, -0.2) is 19.1 Å². The fourth-order valence-electron chi connectivity index (χ4n) is 1.84. The number of nitrogens with two attached hydrogens (primary N) is 1. The molecule has 1 aromatic carbocycles. The van der Waals surface area contributed by atoms with E-state index in [-0.39, 0.29) is 10.8 Å². The fraction of sp³-hybridized carbons (Fsp3) is 0.455. The lowest BCUT2D eigenvalue weighted by atomic mass is 10.1. The zero-order chi connectivity index (χ0) is 10.8. The van der Waals surface area contributed by atoms with Gasteiger partial charge in [0.1, 0.15) is 5.82 Å². The van der Waals surface area contributed by atoms with E-state index in [9.17, 15) is 4.39 Å². The van der Waals surface area contributed by atoms with Crippen LogP contribution in [-0.2, 0) is 0 Å². The average molecular weight is 229 g/mol. The Labute approximate surface area is 93.8 Å². The van der Waals surface area contributed by atoms with Crippen molar-refractivity contribution in [2.75, 3.05) is 18.0 Å². The Bertz CT molecular complexity index is 348. The third-order valence-corrected chi connectivity index (χ3v) is 3.11. The van der Waals surface area contributed by atoms with Crippen LogP contribution in [0.25, 0.3) is 0 Å². The predicted molar refractivity (Wildman–Crippen MR) is 60.8 cm³/mol. The molecule has 0 radical (unpaired) electrons. The molecule has 0 saturated carbocycles. The molecule has 2 rings (SSSR count). The maximum Gasteiger partial charge on any atom is 0.143 e. The molecule has 1 aliphatic heterocycles. The van der Waals surface area contributed by atoms with Crippen LogP contribution in [0.5, 0.6) is 0 Å². The summed E-state index contributed by atoms with van der Waals surface area (Å²) in [6, 6.07) is 5.22. The quantitative estimate of drug-likeness (QED) is 0.800. The van der Waals surface area contributed by atoms with Gasteiger partial charge in [0.05, 0.1) is 5.02 Å². The molecule has 0 atom stereocenters. The molecule has 1 fully saturated rings. The van der Waals surface area contributed by atoms with Gasteiger partial charge in [0.2, 0.25) is 0 Å². The molecule has 1 saturated heterocycles. The monoisotopic (exact) mass is 228 g/mol. The fourth-order valence-corrected chi connectivity index (χ4v) is 1.96. The SMILES string of the molecule is NC1CCN(c2ccc(Cl)c(F)c2)CC1. The van der Waals surface area contributed by atoms with Gasteiger partial charge in [-0.15, -0.1) is 0 Å². The van der Waals surface area contributed by atoms with E-state index in [0.717, 1.165) is 31.6 Å². The minimum atomic E-state index is -0.357. The number of rotatable bonds is 1. The summed E-state index contributed by atoms with van der Waals surface area (Å²) in [4.78, 5) is 2.14. The van der Waals surface area contributed by atoms with E-state index in [1.807, 2.05) is 6.07 Å². The van der Waals surface area contributed by atoms with Crippen LogP contribution in [0.15, 0.2) is 18.2 Å². The van der Waals surface area contributed by atoms with Gasteiger partial charge in [0.15, 0.2) is 0 Å². The lowest BCUT2D eigenvalue weighted by molar-refractivity contribution is 0.500. The second-order valence-corrected chi connectivity index (χ2v) is 4.33. The largest absolute Gasteiger partial charge is 0.371 e. The Balaban J connectivity index is 2.12. The number of nitrogens with zero attached hydrogens (tertiary/aromatic N) is 1. The Morgan fingerprint density at radius 2 is 2.00 bits per heavy atom. The molecule has 4 heteroatoms. The van der Waals surface area contributed by atoms with E-state index in [4.69, 9.17) is 17.3 Å². The van der Waals surface area contributed by atoms with Crippen molar-refractivity contribution in [3.05, 3.63) is 29.0 Å². The average Bonchev–Trinajstić information content (AvgIpc) is 2.23. The highest BCUT2D eigenvalue weighted by atomic mass is 35.5. The number of halogens is 2. The normalized spacial score (nSPS) is 18.2. The van der Waals surface area contributed by atoms with Gasteiger partial charge in [0, 0.05) is 24.8 Å². The Hall–Kier alpha value is -0.800. The first-order chi connectivity index (χ1) is 7.16. The van der Waals surface area contributed by atoms with Crippen LogP contribution in [0.3, 0.4) is 0 Å². The molecule has 15 heavy (non-hydrogen) atoms. The highest BCUT2D eigenvalue weighted by Gasteiger charge is 2.16. The molecule has 0 bridgehead atoms. The molecular weight excluding hydrogens is 215 g/mol. The molecule has 0 spiro atoms.